The van der Waals surface area contributed by atoms with E-state index in [1.165, 1.54) is 0 Å². The van der Waals surface area contributed by atoms with E-state index < -0.39 is 11.9 Å². The molecule has 2 rings (SSSR count). The summed E-state index contributed by atoms with van der Waals surface area (Å²) in [6, 6.07) is 7.50. The minimum atomic E-state index is -0.813. The van der Waals surface area contributed by atoms with Gasteiger partial charge in [0.1, 0.15) is 0 Å². The first kappa shape index (κ1) is 12.8. The summed E-state index contributed by atoms with van der Waals surface area (Å²) in [5.74, 6) is -1.30. The molecule has 1 fully saturated rings. The lowest BCUT2D eigenvalue weighted by Crippen LogP contribution is -2.07. The molecule has 0 spiro atoms. The largest absolute Gasteiger partial charge is 0.481 e. The van der Waals surface area contributed by atoms with Crippen molar-refractivity contribution in [3.8, 4) is 0 Å². The zero-order valence-corrected chi connectivity index (χ0v) is 10.5. The lowest BCUT2D eigenvalue weighted by Gasteiger charge is -2.07. The Morgan fingerprint density at radius 2 is 2.06 bits per heavy atom. The van der Waals surface area contributed by atoms with Crippen LogP contribution in [0.25, 0.3) is 6.08 Å². The Kier molecular flexibility index (Phi) is 3.82. The number of hydrogen-bond acceptors (Lipinski definition) is 2. The van der Waals surface area contributed by atoms with Gasteiger partial charge in [0.25, 0.3) is 0 Å². The predicted octanol–water partition coefficient (Wildman–Crippen LogP) is 2.80. The molecule has 0 radical (unpaired) electrons. The maximum absolute atomic E-state index is 10.9. The van der Waals surface area contributed by atoms with Crippen LogP contribution in [0.3, 0.4) is 0 Å². The smallest absolute Gasteiger partial charge is 0.310 e. The first-order chi connectivity index (χ1) is 8.58. The van der Waals surface area contributed by atoms with Gasteiger partial charge in [-0.15, -0.1) is 0 Å². The summed E-state index contributed by atoms with van der Waals surface area (Å²) in [5, 5.41) is 18.6. The quantitative estimate of drug-likeness (QED) is 0.862. The van der Waals surface area contributed by atoms with Crippen LogP contribution >= 0.6 is 0 Å². The zero-order valence-electron chi connectivity index (χ0n) is 10.5. The summed E-state index contributed by atoms with van der Waals surface area (Å²) in [4.78, 5) is 10.9. The maximum atomic E-state index is 10.9. The number of carboxylic acid groups (broad SMARTS) is 1. The average molecular weight is 246 g/mol. The molecule has 2 atom stereocenters. The van der Waals surface area contributed by atoms with Crippen molar-refractivity contribution in [1.82, 2.24) is 0 Å². The molecule has 0 aliphatic heterocycles. The second-order valence-corrected chi connectivity index (χ2v) is 4.85. The third-order valence-corrected chi connectivity index (χ3v) is 3.53. The van der Waals surface area contributed by atoms with Crippen molar-refractivity contribution in [3.05, 3.63) is 41.0 Å². The molecule has 0 saturated heterocycles. The molecule has 96 valence electrons. The van der Waals surface area contributed by atoms with E-state index in [9.17, 15) is 9.90 Å². The Balaban J connectivity index is 2.15. The van der Waals surface area contributed by atoms with Crippen molar-refractivity contribution in [2.75, 3.05) is 0 Å². The van der Waals surface area contributed by atoms with Crippen LogP contribution in [0, 0.1) is 0 Å². The fourth-order valence-electron chi connectivity index (χ4n) is 2.26. The molecule has 1 aromatic carbocycles. The van der Waals surface area contributed by atoms with Gasteiger partial charge < -0.3 is 10.2 Å². The first-order valence-corrected chi connectivity index (χ1v) is 6.29. The van der Waals surface area contributed by atoms with E-state index in [-0.39, 0.29) is 6.10 Å². The average Bonchev–Trinajstić information content (AvgIpc) is 2.75. The second-order valence-electron chi connectivity index (χ2n) is 4.85. The Morgan fingerprint density at radius 1 is 1.39 bits per heavy atom. The van der Waals surface area contributed by atoms with Gasteiger partial charge in [-0.1, -0.05) is 30.3 Å². The predicted molar refractivity (Wildman–Crippen MR) is 70.3 cm³/mol. The Hall–Kier alpha value is -1.61. The van der Waals surface area contributed by atoms with E-state index >= 15 is 0 Å². The van der Waals surface area contributed by atoms with Gasteiger partial charge in [0, 0.05) is 0 Å². The van der Waals surface area contributed by atoms with Crippen LogP contribution in [-0.4, -0.2) is 22.3 Å². The van der Waals surface area contributed by atoms with Crippen LogP contribution < -0.4 is 0 Å². The molecule has 3 nitrogen and oxygen atoms in total. The number of carboxylic acids is 1. The number of rotatable bonds is 3. The first-order valence-electron chi connectivity index (χ1n) is 6.29. The maximum Gasteiger partial charge on any atom is 0.310 e. The van der Waals surface area contributed by atoms with E-state index in [0.29, 0.717) is 0 Å². The van der Waals surface area contributed by atoms with Gasteiger partial charge in [0.15, 0.2) is 0 Å². The highest BCUT2D eigenvalue weighted by Gasteiger charge is 2.17. The summed E-state index contributed by atoms with van der Waals surface area (Å²) in [6.07, 6.45) is 4.55. The van der Waals surface area contributed by atoms with Gasteiger partial charge in [0.05, 0.1) is 12.0 Å². The highest BCUT2D eigenvalue weighted by Crippen LogP contribution is 2.27. The standard InChI is InChI=1S/C15H18O3/c1-10(15(17)18)12-7-5-11(6-8-12)9-13-3-2-4-14(13)16/h5-10,14,16H,2-4H2,1H3,(H,17,18)/b13-9+. The molecule has 2 N–H and O–H groups in total. The van der Waals surface area contributed by atoms with Gasteiger partial charge in [-0.3, -0.25) is 4.79 Å². The monoisotopic (exact) mass is 246 g/mol. The molecule has 1 aliphatic rings. The van der Waals surface area contributed by atoms with Crippen molar-refractivity contribution in [3.63, 3.8) is 0 Å². The van der Waals surface area contributed by atoms with E-state index in [0.717, 1.165) is 36.0 Å². The van der Waals surface area contributed by atoms with Gasteiger partial charge in [-0.05, 0) is 42.9 Å². The molecule has 2 unspecified atom stereocenters. The highest BCUT2D eigenvalue weighted by atomic mass is 16.4. The lowest BCUT2D eigenvalue weighted by atomic mass is 9.99. The lowest BCUT2D eigenvalue weighted by molar-refractivity contribution is -0.138. The van der Waals surface area contributed by atoms with Crippen LogP contribution in [-0.2, 0) is 4.79 Å². The number of hydrogen-bond donors (Lipinski definition) is 2. The number of carbonyl (C=O) groups is 1. The van der Waals surface area contributed by atoms with Crippen molar-refractivity contribution in [2.24, 2.45) is 0 Å². The summed E-state index contributed by atoms with van der Waals surface area (Å²) in [7, 11) is 0. The third-order valence-electron chi connectivity index (χ3n) is 3.53. The molecule has 1 aliphatic carbocycles. The molecule has 3 heteroatoms. The minimum absolute atomic E-state index is 0.303. The summed E-state index contributed by atoms with van der Waals surface area (Å²) in [6.45, 7) is 1.68. The normalized spacial score (nSPS) is 23.2. The fraction of sp³-hybridized carbons (Fsp3) is 0.400. The number of aliphatic hydroxyl groups is 1. The SMILES string of the molecule is CC(C(=O)O)c1ccc(/C=C2\CCCC2O)cc1. The van der Waals surface area contributed by atoms with Gasteiger partial charge in [0.2, 0.25) is 0 Å². The molecular weight excluding hydrogens is 228 g/mol. The molecule has 0 heterocycles. The number of aliphatic carboxylic acids is 1. The van der Waals surface area contributed by atoms with Crippen LogP contribution in [0.1, 0.15) is 43.2 Å². The molecular formula is C15H18O3. The summed E-state index contributed by atoms with van der Waals surface area (Å²) < 4.78 is 0. The minimum Gasteiger partial charge on any atom is -0.481 e. The number of aliphatic hydroxyl groups excluding tert-OH is 1. The fourth-order valence-corrected chi connectivity index (χ4v) is 2.26. The van der Waals surface area contributed by atoms with E-state index in [1.54, 1.807) is 6.92 Å². The third kappa shape index (κ3) is 2.79. The van der Waals surface area contributed by atoms with Crippen molar-refractivity contribution < 1.29 is 15.0 Å². The Labute approximate surface area is 107 Å². The van der Waals surface area contributed by atoms with Crippen LogP contribution in [0.5, 0.6) is 0 Å². The van der Waals surface area contributed by atoms with E-state index in [1.807, 2.05) is 30.3 Å². The summed E-state index contributed by atoms with van der Waals surface area (Å²) >= 11 is 0. The molecule has 0 amide bonds. The van der Waals surface area contributed by atoms with Crippen molar-refractivity contribution >= 4 is 12.0 Å². The van der Waals surface area contributed by atoms with E-state index in [4.69, 9.17) is 5.11 Å². The Morgan fingerprint density at radius 3 is 2.56 bits per heavy atom. The Bertz CT molecular complexity index is 459. The van der Waals surface area contributed by atoms with Crippen LogP contribution in [0.15, 0.2) is 29.8 Å². The number of benzene rings is 1. The van der Waals surface area contributed by atoms with Crippen LogP contribution in [0.4, 0.5) is 0 Å². The van der Waals surface area contributed by atoms with Gasteiger partial charge in [-0.25, -0.2) is 0 Å². The molecule has 0 aromatic heterocycles. The second kappa shape index (κ2) is 5.36. The van der Waals surface area contributed by atoms with Gasteiger partial charge in [-0.2, -0.15) is 0 Å². The van der Waals surface area contributed by atoms with Crippen LogP contribution in [0.2, 0.25) is 0 Å². The molecule has 1 aromatic rings. The topological polar surface area (TPSA) is 57.5 Å². The zero-order chi connectivity index (χ0) is 13.1. The molecule has 0 bridgehead atoms. The molecule has 18 heavy (non-hydrogen) atoms. The summed E-state index contributed by atoms with van der Waals surface area (Å²) in [5.41, 5.74) is 2.90. The van der Waals surface area contributed by atoms with Crippen molar-refractivity contribution in [2.45, 2.75) is 38.2 Å². The van der Waals surface area contributed by atoms with Crippen molar-refractivity contribution in [1.29, 1.82) is 0 Å². The van der Waals surface area contributed by atoms with E-state index in [2.05, 4.69) is 0 Å². The highest BCUT2D eigenvalue weighted by molar-refractivity contribution is 5.75. The van der Waals surface area contributed by atoms with Gasteiger partial charge >= 0.3 is 5.97 Å². The molecule has 1 saturated carbocycles.